The highest BCUT2D eigenvalue weighted by Crippen LogP contribution is 2.68. The van der Waals surface area contributed by atoms with Gasteiger partial charge in [0.2, 0.25) is 5.91 Å². The van der Waals surface area contributed by atoms with E-state index in [1.54, 1.807) is 0 Å². The average molecular weight is 550 g/mol. The quantitative estimate of drug-likeness (QED) is 0.338. The second-order valence-corrected chi connectivity index (χ2v) is 14.4. The fraction of sp³-hybridized carbons (Fsp3) is 0.833. The summed E-state index contributed by atoms with van der Waals surface area (Å²) >= 11 is 1.38. The SMILES string of the molecule is C=C[C@]1(C)C[C@@H](OC(=O)CS[C@@H]2C[C@@H](NC(C)=O)CC[C@@H]2O)[C@]2(C)C(C)CCC3(CCC(=O)[C@H]32)[C@@H](C)[C@@H]1O. The van der Waals surface area contributed by atoms with Gasteiger partial charge in [-0.05, 0) is 62.2 Å². The number of aliphatic hydroxyl groups is 2. The largest absolute Gasteiger partial charge is 0.461 e. The van der Waals surface area contributed by atoms with Crippen molar-refractivity contribution in [2.75, 3.05) is 5.75 Å². The van der Waals surface area contributed by atoms with Crippen LogP contribution in [0.25, 0.3) is 0 Å². The fourth-order valence-corrected chi connectivity index (χ4v) is 9.72. The number of Topliss-reactive ketones (excluding diaryl/α,β-unsaturated/α-hetero) is 1. The van der Waals surface area contributed by atoms with E-state index in [1.165, 1.54) is 18.7 Å². The third kappa shape index (κ3) is 4.98. The normalized spacial score (nSPS) is 46.9. The lowest BCUT2D eigenvalue weighted by atomic mass is 9.44. The monoisotopic (exact) mass is 549 g/mol. The van der Waals surface area contributed by atoms with E-state index in [0.717, 1.165) is 25.7 Å². The molecular weight excluding hydrogens is 502 g/mol. The molecule has 0 radical (unpaired) electrons. The van der Waals surface area contributed by atoms with Crippen LogP contribution in [0.5, 0.6) is 0 Å². The summed E-state index contributed by atoms with van der Waals surface area (Å²) in [5.74, 6) is -0.255. The van der Waals surface area contributed by atoms with Gasteiger partial charge in [0.05, 0.1) is 18.0 Å². The molecule has 0 aliphatic heterocycles. The van der Waals surface area contributed by atoms with Crippen molar-refractivity contribution in [1.29, 1.82) is 0 Å². The maximum atomic E-state index is 13.5. The Labute approximate surface area is 231 Å². The number of carbonyl (C=O) groups excluding carboxylic acids is 3. The Morgan fingerprint density at radius 3 is 2.55 bits per heavy atom. The third-order valence-corrected chi connectivity index (χ3v) is 12.5. The van der Waals surface area contributed by atoms with Gasteiger partial charge >= 0.3 is 5.97 Å². The zero-order valence-corrected chi connectivity index (χ0v) is 24.5. The van der Waals surface area contributed by atoms with Gasteiger partial charge in [-0.1, -0.05) is 33.8 Å². The van der Waals surface area contributed by atoms with Crippen molar-refractivity contribution >= 4 is 29.4 Å². The predicted molar refractivity (Wildman–Crippen MR) is 148 cm³/mol. The average Bonchev–Trinajstić information content (AvgIpc) is 3.22. The van der Waals surface area contributed by atoms with E-state index in [9.17, 15) is 24.6 Å². The molecule has 38 heavy (non-hydrogen) atoms. The molecule has 8 heteroatoms. The van der Waals surface area contributed by atoms with Crippen LogP contribution in [0.2, 0.25) is 0 Å². The predicted octanol–water partition coefficient (Wildman–Crippen LogP) is 4.04. The Bertz CT molecular complexity index is 957. The summed E-state index contributed by atoms with van der Waals surface area (Å²) in [5.41, 5.74) is -1.50. The van der Waals surface area contributed by atoms with Gasteiger partial charge in [0, 0.05) is 41.4 Å². The van der Waals surface area contributed by atoms with E-state index in [0.29, 0.717) is 25.7 Å². The number of carbonyl (C=O) groups is 3. The minimum absolute atomic E-state index is 0.00435. The molecule has 0 heterocycles. The lowest BCUT2D eigenvalue weighted by molar-refractivity contribution is -0.205. The Balaban J connectivity index is 1.57. The van der Waals surface area contributed by atoms with Gasteiger partial charge in [-0.15, -0.1) is 18.3 Å². The molecule has 4 aliphatic carbocycles. The van der Waals surface area contributed by atoms with Crippen LogP contribution < -0.4 is 5.32 Å². The molecule has 11 atom stereocenters. The van der Waals surface area contributed by atoms with Gasteiger partial charge in [-0.25, -0.2) is 0 Å². The molecule has 4 rings (SSSR count). The first-order valence-corrected chi connectivity index (χ1v) is 15.4. The molecular formula is C30H47NO6S. The van der Waals surface area contributed by atoms with Crippen molar-refractivity contribution in [3.8, 4) is 0 Å². The first kappa shape index (κ1) is 29.6. The number of ether oxygens (including phenoxy) is 1. The van der Waals surface area contributed by atoms with E-state index < -0.39 is 29.1 Å². The number of thioether (sulfide) groups is 1. The van der Waals surface area contributed by atoms with Gasteiger partial charge in [0.15, 0.2) is 0 Å². The Kier molecular flexibility index (Phi) is 8.48. The maximum absolute atomic E-state index is 13.5. The van der Waals surface area contributed by atoms with Crippen molar-refractivity contribution in [3.05, 3.63) is 12.7 Å². The number of esters is 1. The molecule has 2 unspecified atom stereocenters. The topological polar surface area (TPSA) is 113 Å². The molecule has 214 valence electrons. The minimum Gasteiger partial charge on any atom is -0.461 e. The van der Waals surface area contributed by atoms with Crippen LogP contribution in [-0.2, 0) is 19.1 Å². The van der Waals surface area contributed by atoms with Crippen LogP contribution in [0.4, 0.5) is 0 Å². The first-order chi connectivity index (χ1) is 17.8. The number of hydrogen-bond acceptors (Lipinski definition) is 7. The standard InChI is InChI=1S/C30H47NO6S/c1-7-28(5)15-24(37-25(35)16-38-23-14-20(31-19(4)32)8-9-21(23)33)29(6)17(2)10-12-30(18(3)27(28)36)13-11-22(34)26(29)30/h7,17-18,20-21,23-24,26-27,33,36H,1,8-16H2,2-6H3,(H,31,32)/t17?,18-,20-,21-,23+,24+,26-,27-,28+,29-,30?/m0/s1. The van der Waals surface area contributed by atoms with Gasteiger partial charge in [0.25, 0.3) is 0 Å². The van der Waals surface area contributed by atoms with Gasteiger partial charge in [-0.2, -0.15) is 0 Å². The third-order valence-electron chi connectivity index (χ3n) is 11.2. The van der Waals surface area contributed by atoms with Crippen molar-refractivity contribution in [3.63, 3.8) is 0 Å². The zero-order valence-electron chi connectivity index (χ0n) is 23.7. The highest BCUT2D eigenvalue weighted by molar-refractivity contribution is 8.00. The Hall–Kier alpha value is -1.38. The lowest BCUT2D eigenvalue weighted by Gasteiger charge is -2.61. The number of aliphatic hydroxyl groups excluding tert-OH is 2. The molecule has 0 aromatic heterocycles. The van der Waals surface area contributed by atoms with Crippen molar-refractivity contribution in [1.82, 2.24) is 5.32 Å². The first-order valence-electron chi connectivity index (χ1n) is 14.4. The molecule has 0 spiro atoms. The summed E-state index contributed by atoms with van der Waals surface area (Å²) < 4.78 is 6.32. The fourth-order valence-electron chi connectivity index (χ4n) is 8.58. The summed E-state index contributed by atoms with van der Waals surface area (Å²) in [6.07, 6.45) is 5.49. The number of ketones is 1. The molecule has 7 nitrogen and oxygen atoms in total. The number of nitrogens with one attached hydrogen (secondary N) is 1. The van der Waals surface area contributed by atoms with Crippen molar-refractivity contribution in [2.24, 2.45) is 34.0 Å². The van der Waals surface area contributed by atoms with Gasteiger partial charge < -0.3 is 20.3 Å². The Morgan fingerprint density at radius 2 is 1.89 bits per heavy atom. The summed E-state index contributed by atoms with van der Waals surface area (Å²) in [4.78, 5) is 38.4. The zero-order chi connectivity index (χ0) is 28.0. The highest BCUT2D eigenvalue weighted by atomic mass is 32.2. The molecule has 4 saturated carbocycles. The number of hydrogen-bond donors (Lipinski definition) is 3. The second-order valence-electron chi connectivity index (χ2n) is 13.2. The molecule has 0 saturated heterocycles. The van der Waals surface area contributed by atoms with Crippen LogP contribution in [0, 0.1) is 34.0 Å². The van der Waals surface area contributed by atoms with Crippen LogP contribution in [0.3, 0.4) is 0 Å². The molecule has 2 bridgehead atoms. The van der Waals surface area contributed by atoms with Crippen LogP contribution in [-0.4, -0.2) is 63.2 Å². The summed E-state index contributed by atoms with van der Waals surface area (Å²) in [6.45, 7) is 14.0. The molecule has 3 N–H and O–H groups in total. The van der Waals surface area contributed by atoms with Gasteiger partial charge in [0.1, 0.15) is 11.9 Å². The van der Waals surface area contributed by atoms with Crippen molar-refractivity contribution < 1.29 is 29.3 Å². The summed E-state index contributed by atoms with van der Waals surface area (Å²) in [7, 11) is 0. The van der Waals surface area contributed by atoms with E-state index in [4.69, 9.17) is 4.74 Å². The summed E-state index contributed by atoms with van der Waals surface area (Å²) in [6, 6.07) is -0.00435. The smallest absolute Gasteiger partial charge is 0.316 e. The van der Waals surface area contributed by atoms with Gasteiger partial charge in [-0.3, -0.25) is 14.4 Å². The number of amides is 1. The maximum Gasteiger partial charge on any atom is 0.316 e. The molecule has 4 aliphatic rings. The van der Waals surface area contributed by atoms with E-state index in [-0.39, 0.29) is 57.9 Å². The lowest BCUT2D eigenvalue weighted by Crippen LogP contribution is -2.63. The molecule has 0 aromatic carbocycles. The summed E-state index contributed by atoms with van der Waals surface area (Å²) in [5, 5.41) is 25.0. The molecule has 0 aromatic rings. The molecule has 4 fully saturated rings. The van der Waals surface area contributed by atoms with Crippen molar-refractivity contribution in [2.45, 2.75) is 116 Å². The van der Waals surface area contributed by atoms with Crippen LogP contribution in [0.15, 0.2) is 12.7 Å². The number of rotatable bonds is 6. The highest BCUT2D eigenvalue weighted by Gasteiger charge is 2.68. The van der Waals surface area contributed by atoms with Crippen LogP contribution >= 0.6 is 11.8 Å². The van der Waals surface area contributed by atoms with Crippen LogP contribution in [0.1, 0.15) is 86.0 Å². The van der Waals surface area contributed by atoms with E-state index >= 15 is 0 Å². The minimum atomic E-state index is -0.690. The Morgan fingerprint density at radius 1 is 1.18 bits per heavy atom. The van der Waals surface area contributed by atoms with E-state index in [2.05, 4.69) is 32.7 Å². The second kappa shape index (κ2) is 10.9. The molecule has 1 amide bonds. The van der Waals surface area contributed by atoms with E-state index in [1.807, 2.05) is 13.0 Å².